The third-order valence-electron chi connectivity index (χ3n) is 4.47. The zero-order valence-corrected chi connectivity index (χ0v) is 17.1. The summed E-state index contributed by atoms with van der Waals surface area (Å²) in [6.07, 6.45) is -0.548. The van der Waals surface area contributed by atoms with Gasteiger partial charge in [-0.2, -0.15) is 0 Å². The minimum Gasteiger partial charge on any atom is -0.479 e. The van der Waals surface area contributed by atoms with Crippen molar-refractivity contribution in [2.75, 3.05) is 17.7 Å². The van der Waals surface area contributed by atoms with Crippen LogP contribution < -0.4 is 15.2 Å². The number of carbonyl (C=O) groups is 2. The Labute approximate surface area is 168 Å². The number of thiophene rings is 1. The molecule has 1 atom stereocenters. The lowest BCUT2D eigenvalue weighted by molar-refractivity contribution is -0.125. The molecule has 0 saturated carbocycles. The maximum atomic E-state index is 12.6. The number of amides is 1. The van der Waals surface area contributed by atoms with Crippen molar-refractivity contribution < 1.29 is 14.3 Å². The molecule has 7 nitrogen and oxygen atoms in total. The Kier molecular flexibility index (Phi) is 4.72. The Bertz CT molecular complexity index is 1170. The lowest BCUT2D eigenvalue weighted by Gasteiger charge is -2.30. The number of carbonyl (C=O) groups excluding carboxylic acids is 2. The van der Waals surface area contributed by atoms with E-state index in [9.17, 15) is 14.4 Å². The van der Waals surface area contributed by atoms with Crippen LogP contribution in [0.5, 0.6) is 5.75 Å². The fraction of sp³-hybridized carbons (Fsp3) is 0.263. The number of hydrogen-bond acceptors (Lipinski definition) is 7. The van der Waals surface area contributed by atoms with Gasteiger partial charge in [0.25, 0.3) is 11.5 Å². The molecule has 4 rings (SSSR count). The summed E-state index contributed by atoms with van der Waals surface area (Å²) in [5.74, 6) is 0.403. The normalized spacial score (nSPS) is 16.2. The van der Waals surface area contributed by atoms with Crippen molar-refractivity contribution in [3.05, 3.63) is 45.1 Å². The van der Waals surface area contributed by atoms with Crippen LogP contribution in [0, 0.1) is 6.92 Å². The molecule has 0 saturated heterocycles. The Hall–Kier alpha value is -2.65. The van der Waals surface area contributed by atoms with Crippen molar-refractivity contribution in [1.82, 2.24) is 9.97 Å². The summed E-state index contributed by atoms with van der Waals surface area (Å²) in [6.45, 7) is 3.61. The molecule has 0 spiro atoms. The van der Waals surface area contributed by atoms with Crippen LogP contribution in [0.3, 0.4) is 0 Å². The molecule has 2 aromatic heterocycles. The van der Waals surface area contributed by atoms with E-state index in [0.717, 1.165) is 4.88 Å². The van der Waals surface area contributed by atoms with E-state index in [1.54, 1.807) is 38.2 Å². The number of hydrogen-bond donors (Lipinski definition) is 1. The van der Waals surface area contributed by atoms with E-state index in [-0.39, 0.29) is 23.0 Å². The number of rotatable bonds is 4. The Morgan fingerprint density at radius 3 is 2.93 bits per heavy atom. The van der Waals surface area contributed by atoms with Gasteiger partial charge < -0.3 is 14.6 Å². The quantitative estimate of drug-likeness (QED) is 0.400. The van der Waals surface area contributed by atoms with Gasteiger partial charge in [-0.3, -0.25) is 14.4 Å². The highest BCUT2D eigenvalue weighted by molar-refractivity contribution is 7.99. The number of benzene rings is 1. The van der Waals surface area contributed by atoms with Crippen LogP contribution >= 0.6 is 23.1 Å². The third-order valence-corrected chi connectivity index (χ3v) is 6.29. The van der Waals surface area contributed by atoms with Gasteiger partial charge in [-0.1, -0.05) is 11.8 Å². The SMILES string of the molecule is Cc1cc2c(=O)[nH]c(SCC(=O)c3ccc4c(c3)N(C)C(=O)C(C)O4)nc2s1. The number of aromatic amines is 1. The zero-order chi connectivity index (χ0) is 20.0. The molecule has 1 amide bonds. The molecule has 1 aromatic carbocycles. The molecular weight excluding hydrogens is 398 g/mol. The highest BCUT2D eigenvalue weighted by atomic mass is 32.2. The predicted octanol–water partition coefficient (Wildman–Crippen LogP) is 3.01. The van der Waals surface area contributed by atoms with Crippen LogP contribution in [0.25, 0.3) is 10.2 Å². The number of aryl methyl sites for hydroxylation is 1. The number of H-pyrrole nitrogens is 1. The second kappa shape index (κ2) is 7.06. The maximum absolute atomic E-state index is 12.6. The number of thioether (sulfide) groups is 1. The highest BCUT2D eigenvalue weighted by Crippen LogP contribution is 2.34. The average Bonchev–Trinajstić information content (AvgIpc) is 3.05. The van der Waals surface area contributed by atoms with E-state index in [2.05, 4.69) is 9.97 Å². The Morgan fingerprint density at radius 2 is 2.14 bits per heavy atom. The van der Waals surface area contributed by atoms with Gasteiger partial charge in [0.1, 0.15) is 10.6 Å². The number of anilines is 1. The van der Waals surface area contributed by atoms with Gasteiger partial charge in [-0.25, -0.2) is 4.98 Å². The first-order valence-corrected chi connectivity index (χ1v) is 10.4. The van der Waals surface area contributed by atoms with Crippen molar-refractivity contribution in [3.63, 3.8) is 0 Å². The number of nitrogens with one attached hydrogen (secondary N) is 1. The van der Waals surface area contributed by atoms with Gasteiger partial charge >= 0.3 is 0 Å². The molecule has 1 aliphatic rings. The minimum absolute atomic E-state index is 0.118. The van der Waals surface area contributed by atoms with E-state index >= 15 is 0 Å². The van der Waals surface area contributed by atoms with Gasteiger partial charge in [0.15, 0.2) is 17.0 Å². The van der Waals surface area contributed by atoms with Gasteiger partial charge in [0.05, 0.1) is 16.8 Å². The maximum Gasteiger partial charge on any atom is 0.267 e. The Morgan fingerprint density at radius 1 is 1.36 bits per heavy atom. The number of nitrogens with zero attached hydrogens (tertiary/aromatic N) is 2. The number of ketones is 1. The second-order valence-corrected chi connectivity index (χ2v) is 8.70. The molecule has 0 fully saturated rings. The molecule has 0 radical (unpaired) electrons. The second-order valence-electron chi connectivity index (χ2n) is 6.50. The molecule has 9 heteroatoms. The highest BCUT2D eigenvalue weighted by Gasteiger charge is 2.29. The summed E-state index contributed by atoms with van der Waals surface area (Å²) in [5, 5.41) is 0.977. The molecule has 144 valence electrons. The molecule has 0 aliphatic carbocycles. The smallest absolute Gasteiger partial charge is 0.267 e. The van der Waals surface area contributed by atoms with Gasteiger partial charge in [0.2, 0.25) is 0 Å². The van der Waals surface area contributed by atoms with Crippen LogP contribution in [-0.2, 0) is 4.79 Å². The number of ether oxygens (including phenoxy) is 1. The van der Waals surface area contributed by atoms with Crippen LogP contribution in [0.15, 0.2) is 34.2 Å². The van der Waals surface area contributed by atoms with Gasteiger partial charge in [-0.15, -0.1) is 11.3 Å². The number of fused-ring (bicyclic) bond motifs is 2. The summed E-state index contributed by atoms with van der Waals surface area (Å²) in [4.78, 5) is 47.2. The molecule has 28 heavy (non-hydrogen) atoms. The fourth-order valence-corrected chi connectivity index (χ4v) is 4.70. The number of aromatic nitrogens is 2. The van der Waals surface area contributed by atoms with E-state index in [1.807, 2.05) is 6.92 Å². The minimum atomic E-state index is -0.548. The largest absolute Gasteiger partial charge is 0.479 e. The van der Waals surface area contributed by atoms with Crippen molar-refractivity contribution in [3.8, 4) is 5.75 Å². The van der Waals surface area contributed by atoms with E-state index < -0.39 is 6.10 Å². The predicted molar refractivity (Wildman–Crippen MR) is 110 cm³/mol. The van der Waals surface area contributed by atoms with Crippen LogP contribution in [0.4, 0.5) is 5.69 Å². The van der Waals surface area contributed by atoms with Crippen LogP contribution in [0.1, 0.15) is 22.2 Å². The number of likely N-dealkylation sites (N-methyl/N-ethyl adjacent to an activating group) is 1. The molecule has 1 unspecified atom stereocenters. The first kappa shape index (κ1) is 18.7. The standard InChI is InChI=1S/C19H17N3O4S2/c1-9-6-12-16(24)20-19(21-17(12)28-9)27-8-14(23)11-4-5-15-13(7-11)22(3)18(25)10(2)26-15/h4-7,10H,8H2,1-3H3,(H,20,21,24). The molecule has 1 aliphatic heterocycles. The third kappa shape index (κ3) is 3.31. The zero-order valence-electron chi connectivity index (χ0n) is 15.4. The molecule has 3 heterocycles. The van der Waals surface area contributed by atoms with Crippen molar-refractivity contribution in [2.45, 2.75) is 25.1 Å². The van der Waals surface area contributed by atoms with Crippen molar-refractivity contribution in [1.29, 1.82) is 0 Å². The number of Topliss-reactive ketones (excluding diaryl/α,β-unsaturated/α-hetero) is 1. The summed E-state index contributed by atoms with van der Waals surface area (Å²) in [7, 11) is 1.66. The summed E-state index contributed by atoms with van der Waals surface area (Å²) < 4.78 is 5.58. The first-order valence-electron chi connectivity index (χ1n) is 8.58. The summed E-state index contributed by atoms with van der Waals surface area (Å²) in [6, 6.07) is 6.84. The van der Waals surface area contributed by atoms with Crippen LogP contribution in [-0.4, -0.2) is 40.6 Å². The fourth-order valence-electron chi connectivity index (χ4n) is 3.00. The van der Waals surface area contributed by atoms with Gasteiger partial charge in [0, 0.05) is 17.5 Å². The lowest BCUT2D eigenvalue weighted by Crippen LogP contribution is -2.42. The van der Waals surface area contributed by atoms with Crippen molar-refractivity contribution >= 4 is 50.7 Å². The first-order chi connectivity index (χ1) is 13.3. The van der Waals surface area contributed by atoms with Crippen molar-refractivity contribution in [2.24, 2.45) is 0 Å². The average molecular weight is 415 g/mol. The topological polar surface area (TPSA) is 92.4 Å². The molecule has 0 bridgehead atoms. The monoisotopic (exact) mass is 415 g/mol. The Balaban J connectivity index is 1.53. The molecule has 3 aromatic rings. The molecule has 1 N–H and O–H groups in total. The van der Waals surface area contributed by atoms with E-state index in [1.165, 1.54) is 28.0 Å². The van der Waals surface area contributed by atoms with Crippen LogP contribution in [0.2, 0.25) is 0 Å². The molecular formula is C19H17N3O4S2. The summed E-state index contributed by atoms with van der Waals surface area (Å²) in [5.41, 5.74) is 0.838. The van der Waals surface area contributed by atoms with E-state index in [4.69, 9.17) is 4.74 Å². The van der Waals surface area contributed by atoms with Gasteiger partial charge in [-0.05, 0) is 38.1 Å². The summed E-state index contributed by atoms with van der Waals surface area (Å²) >= 11 is 2.63. The van der Waals surface area contributed by atoms with E-state index in [0.29, 0.717) is 32.4 Å². The lowest BCUT2D eigenvalue weighted by atomic mass is 10.1.